The van der Waals surface area contributed by atoms with Gasteiger partial charge in [-0.15, -0.1) is 11.6 Å². The van der Waals surface area contributed by atoms with E-state index in [0.29, 0.717) is 22.8 Å². The number of benzene rings is 1. The molecule has 4 heteroatoms. The zero-order valence-corrected chi connectivity index (χ0v) is 19.5. The maximum Gasteiger partial charge on any atom is 0.337 e. The molecule has 1 aromatic rings. The first-order valence-electron chi connectivity index (χ1n) is 12.0. The third kappa shape index (κ3) is 5.59. The number of carbonyl (C=O) groups excluding carboxylic acids is 1. The second-order valence-corrected chi connectivity index (χ2v) is 10.2. The first kappa shape index (κ1) is 23.6. The summed E-state index contributed by atoms with van der Waals surface area (Å²) in [5, 5.41) is 11.0. The van der Waals surface area contributed by atoms with Gasteiger partial charge in [0.2, 0.25) is 0 Å². The van der Waals surface area contributed by atoms with E-state index in [0.717, 1.165) is 44.9 Å². The average molecular weight is 435 g/mol. The molecular formula is C26H39ClO3. The molecule has 0 radical (unpaired) electrons. The van der Waals surface area contributed by atoms with Gasteiger partial charge in [0.05, 0.1) is 18.8 Å². The van der Waals surface area contributed by atoms with Crippen LogP contribution in [0.25, 0.3) is 0 Å². The topological polar surface area (TPSA) is 46.5 Å². The zero-order valence-electron chi connectivity index (χ0n) is 18.7. The van der Waals surface area contributed by atoms with E-state index in [2.05, 4.69) is 13.0 Å². The predicted molar refractivity (Wildman–Crippen MR) is 123 cm³/mol. The molecule has 0 aromatic heterocycles. The van der Waals surface area contributed by atoms with Crippen molar-refractivity contribution in [2.24, 2.45) is 17.3 Å². The lowest BCUT2D eigenvalue weighted by Crippen LogP contribution is -2.40. The van der Waals surface area contributed by atoms with Crippen LogP contribution in [-0.4, -0.2) is 29.7 Å². The molecule has 0 bridgehead atoms. The molecule has 4 atom stereocenters. The summed E-state index contributed by atoms with van der Waals surface area (Å²) in [4.78, 5) is 11.7. The second-order valence-electron chi connectivity index (χ2n) is 9.62. The summed E-state index contributed by atoms with van der Waals surface area (Å²) >= 11 is 6.70. The number of hydrogen-bond donors (Lipinski definition) is 1. The van der Waals surface area contributed by atoms with Crippen LogP contribution in [0, 0.1) is 17.3 Å². The average Bonchev–Trinajstić information content (AvgIpc) is 3.07. The van der Waals surface area contributed by atoms with Gasteiger partial charge >= 0.3 is 5.97 Å². The highest BCUT2D eigenvalue weighted by molar-refractivity contribution is 6.21. The third-order valence-corrected chi connectivity index (χ3v) is 8.59. The molecule has 0 aliphatic heterocycles. The molecule has 0 spiro atoms. The van der Waals surface area contributed by atoms with Gasteiger partial charge in [0.25, 0.3) is 0 Å². The van der Waals surface area contributed by atoms with E-state index in [4.69, 9.17) is 16.3 Å². The number of alkyl halides is 1. The Morgan fingerprint density at radius 1 is 1.27 bits per heavy atom. The summed E-state index contributed by atoms with van der Waals surface area (Å²) in [6.07, 6.45) is 13.5. The number of hydrogen-bond acceptors (Lipinski definition) is 3. The Balaban J connectivity index is 1.43. The van der Waals surface area contributed by atoms with Gasteiger partial charge in [0.1, 0.15) is 0 Å². The summed E-state index contributed by atoms with van der Waals surface area (Å²) in [7, 11) is 1.42. The van der Waals surface area contributed by atoms with Gasteiger partial charge in [0, 0.05) is 5.38 Å². The van der Waals surface area contributed by atoms with Crippen molar-refractivity contribution in [2.45, 2.75) is 95.5 Å². The Bertz CT molecular complexity index is 679. The van der Waals surface area contributed by atoms with Gasteiger partial charge in [-0.05, 0) is 99.2 Å². The van der Waals surface area contributed by atoms with Crippen molar-refractivity contribution in [2.75, 3.05) is 7.11 Å². The van der Waals surface area contributed by atoms with Crippen molar-refractivity contribution in [1.29, 1.82) is 0 Å². The minimum atomic E-state index is -0.272. The molecule has 2 fully saturated rings. The zero-order chi connectivity index (χ0) is 21.6. The summed E-state index contributed by atoms with van der Waals surface area (Å²) in [6, 6.07) is 7.79. The van der Waals surface area contributed by atoms with Crippen LogP contribution in [-0.2, 0) is 11.2 Å². The van der Waals surface area contributed by atoms with Crippen LogP contribution in [0.5, 0.6) is 0 Å². The van der Waals surface area contributed by atoms with Crippen molar-refractivity contribution >= 4 is 17.6 Å². The first-order chi connectivity index (χ1) is 14.5. The molecule has 3 rings (SSSR count). The van der Waals surface area contributed by atoms with Gasteiger partial charge < -0.3 is 9.84 Å². The fourth-order valence-electron chi connectivity index (χ4n) is 5.82. The molecule has 2 aliphatic carbocycles. The number of rotatable bonds is 11. The van der Waals surface area contributed by atoms with Crippen LogP contribution < -0.4 is 0 Å². The molecule has 1 unspecified atom stereocenters. The van der Waals surface area contributed by atoms with E-state index < -0.39 is 0 Å². The molecule has 0 saturated heterocycles. The van der Waals surface area contributed by atoms with Crippen molar-refractivity contribution in [3.63, 3.8) is 0 Å². The van der Waals surface area contributed by atoms with E-state index in [9.17, 15) is 9.90 Å². The highest BCUT2D eigenvalue weighted by atomic mass is 35.5. The standard InChI is InChI=1S/C26H39ClO3/c1-3-26(16-7-17-26)24(28)13-6-12-22-20(14-15-23(22)27)10-4-8-19-9-5-11-21(18-19)25(29)30-2/h5,9,11,18,20,22-24,28H,3-4,6-8,10,12-17H2,1-2H3/t20-,22+,23+,24?/m0/s1. The molecular weight excluding hydrogens is 396 g/mol. The van der Waals surface area contributed by atoms with Crippen molar-refractivity contribution in [3.8, 4) is 0 Å². The summed E-state index contributed by atoms with van der Waals surface area (Å²) < 4.78 is 4.82. The van der Waals surface area contributed by atoms with E-state index in [1.54, 1.807) is 6.07 Å². The number of halogens is 1. The molecule has 3 nitrogen and oxygen atoms in total. The molecule has 0 heterocycles. The Kier molecular flexibility index (Phi) is 8.65. The number of ether oxygens (including phenoxy) is 1. The van der Waals surface area contributed by atoms with Crippen LogP contribution in [0.2, 0.25) is 0 Å². The van der Waals surface area contributed by atoms with Crippen molar-refractivity contribution in [3.05, 3.63) is 35.4 Å². The Morgan fingerprint density at radius 3 is 2.73 bits per heavy atom. The van der Waals surface area contributed by atoms with Gasteiger partial charge in [-0.3, -0.25) is 0 Å². The van der Waals surface area contributed by atoms with E-state index >= 15 is 0 Å². The maximum atomic E-state index is 11.7. The quantitative estimate of drug-likeness (QED) is 0.317. The molecule has 30 heavy (non-hydrogen) atoms. The lowest BCUT2D eigenvalue weighted by molar-refractivity contribution is -0.0437. The molecule has 2 aliphatic rings. The highest BCUT2D eigenvalue weighted by Gasteiger charge is 2.41. The van der Waals surface area contributed by atoms with Crippen LogP contribution in [0.15, 0.2) is 24.3 Å². The van der Waals surface area contributed by atoms with Crippen molar-refractivity contribution < 1.29 is 14.6 Å². The van der Waals surface area contributed by atoms with Gasteiger partial charge in [-0.25, -0.2) is 4.79 Å². The molecule has 0 amide bonds. The lowest BCUT2D eigenvalue weighted by atomic mass is 9.62. The maximum absolute atomic E-state index is 11.7. The van der Waals surface area contributed by atoms with Crippen LogP contribution >= 0.6 is 11.6 Å². The SMILES string of the molecule is CCC1(C(O)CCC[C@@H]2[C@@H](CCCc3cccc(C(=O)OC)c3)CC[C@H]2Cl)CCC1. The number of aliphatic hydroxyl groups excluding tert-OH is 1. The Labute approximate surface area is 187 Å². The number of aryl methyl sites for hydroxylation is 1. The Hall–Kier alpha value is -1.06. The minimum Gasteiger partial charge on any atom is -0.465 e. The monoisotopic (exact) mass is 434 g/mol. The number of carbonyl (C=O) groups is 1. The lowest BCUT2D eigenvalue weighted by Gasteiger charge is -2.45. The van der Waals surface area contributed by atoms with E-state index in [-0.39, 0.29) is 17.5 Å². The summed E-state index contributed by atoms with van der Waals surface area (Å²) in [6.45, 7) is 2.23. The third-order valence-electron chi connectivity index (χ3n) is 8.05. The number of aliphatic hydroxyl groups is 1. The second kappa shape index (κ2) is 11.0. The minimum absolute atomic E-state index is 0.132. The van der Waals surface area contributed by atoms with Crippen molar-refractivity contribution in [1.82, 2.24) is 0 Å². The Morgan fingerprint density at radius 2 is 2.07 bits per heavy atom. The van der Waals surface area contributed by atoms with Gasteiger partial charge in [-0.2, -0.15) is 0 Å². The normalized spacial score (nSPS) is 26.2. The number of methoxy groups -OCH3 is 1. The van der Waals surface area contributed by atoms with Crippen LogP contribution in [0.4, 0.5) is 0 Å². The summed E-state index contributed by atoms with van der Waals surface area (Å²) in [5.41, 5.74) is 2.04. The molecule has 1 aromatic carbocycles. The smallest absolute Gasteiger partial charge is 0.337 e. The largest absolute Gasteiger partial charge is 0.465 e. The first-order valence-corrected chi connectivity index (χ1v) is 12.4. The molecule has 2 saturated carbocycles. The fraction of sp³-hybridized carbons (Fsp3) is 0.731. The van der Waals surface area contributed by atoms with E-state index in [1.807, 2.05) is 12.1 Å². The fourth-order valence-corrected chi connectivity index (χ4v) is 6.28. The van der Waals surface area contributed by atoms with Crippen LogP contribution in [0.3, 0.4) is 0 Å². The number of esters is 1. The van der Waals surface area contributed by atoms with E-state index in [1.165, 1.54) is 44.8 Å². The molecule has 168 valence electrons. The summed E-state index contributed by atoms with van der Waals surface area (Å²) in [5.74, 6) is 1.00. The highest BCUT2D eigenvalue weighted by Crippen LogP contribution is 2.48. The van der Waals surface area contributed by atoms with Gasteiger partial charge in [-0.1, -0.05) is 31.9 Å². The van der Waals surface area contributed by atoms with Gasteiger partial charge in [0.15, 0.2) is 0 Å². The molecule has 1 N–H and O–H groups in total. The predicted octanol–water partition coefficient (Wildman–Crippen LogP) is 6.54. The van der Waals surface area contributed by atoms with Crippen LogP contribution in [0.1, 0.15) is 93.5 Å².